The standard InChI is InChI=1S/C23H17ClN4O3/c1-3-17-16(10-27-22(24)21(17)23(30)31)11-28-13(2)20(18(9-26)19(28)12-29)15-6-4-14(8-25)5-7-15/h4-7,10,12H,3,11H2,1-2H3,(H,30,31). The van der Waals surface area contributed by atoms with E-state index in [9.17, 15) is 20.0 Å². The van der Waals surface area contributed by atoms with Crippen LogP contribution in [0.25, 0.3) is 11.1 Å². The Morgan fingerprint density at radius 3 is 2.45 bits per heavy atom. The summed E-state index contributed by atoms with van der Waals surface area (Å²) in [6, 6.07) is 10.9. The Labute approximate surface area is 183 Å². The zero-order valence-corrected chi connectivity index (χ0v) is 17.6. The van der Waals surface area contributed by atoms with Crippen LogP contribution in [-0.2, 0) is 13.0 Å². The number of nitriles is 2. The molecular weight excluding hydrogens is 416 g/mol. The van der Waals surface area contributed by atoms with E-state index in [0.717, 1.165) is 0 Å². The van der Waals surface area contributed by atoms with Crippen molar-refractivity contribution in [1.82, 2.24) is 9.55 Å². The first-order valence-electron chi connectivity index (χ1n) is 9.36. The highest BCUT2D eigenvalue weighted by Gasteiger charge is 2.24. The number of hydrogen-bond donors (Lipinski definition) is 1. The molecule has 2 aromatic heterocycles. The fourth-order valence-electron chi connectivity index (χ4n) is 3.75. The monoisotopic (exact) mass is 432 g/mol. The number of carbonyl (C=O) groups excluding carboxylic acids is 1. The van der Waals surface area contributed by atoms with Gasteiger partial charge >= 0.3 is 5.97 Å². The Morgan fingerprint density at radius 1 is 1.26 bits per heavy atom. The summed E-state index contributed by atoms with van der Waals surface area (Å²) in [5.74, 6) is -1.17. The largest absolute Gasteiger partial charge is 0.478 e. The molecule has 31 heavy (non-hydrogen) atoms. The van der Waals surface area contributed by atoms with E-state index < -0.39 is 5.97 Å². The minimum absolute atomic E-state index is 0.0630. The summed E-state index contributed by atoms with van der Waals surface area (Å²) >= 11 is 6.00. The van der Waals surface area contributed by atoms with Gasteiger partial charge < -0.3 is 9.67 Å². The Kier molecular flexibility index (Phi) is 6.20. The van der Waals surface area contributed by atoms with Gasteiger partial charge in [-0.1, -0.05) is 30.7 Å². The molecule has 0 fully saturated rings. The first kappa shape index (κ1) is 21.8. The number of rotatable bonds is 6. The van der Waals surface area contributed by atoms with Crippen molar-refractivity contribution in [1.29, 1.82) is 10.5 Å². The van der Waals surface area contributed by atoms with E-state index in [1.54, 1.807) is 35.8 Å². The number of hydrogen-bond acceptors (Lipinski definition) is 5. The summed E-state index contributed by atoms with van der Waals surface area (Å²) in [4.78, 5) is 27.6. The fourth-order valence-corrected chi connectivity index (χ4v) is 4.00. The van der Waals surface area contributed by atoms with Crippen LogP contribution in [-0.4, -0.2) is 26.9 Å². The second-order valence-corrected chi connectivity index (χ2v) is 7.17. The molecular formula is C23H17ClN4O3. The van der Waals surface area contributed by atoms with Gasteiger partial charge in [0, 0.05) is 24.0 Å². The lowest BCUT2D eigenvalue weighted by molar-refractivity contribution is 0.0695. The van der Waals surface area contributed by atoms with Crippen molar-refractivity contribution in [2.45, 2.75) is 26.8 Å². The lowest BCUT2D eigenvalue weighted by atomic mass is 10.00. The average molecular weight is 433 g/mol. The molecule has 0 aliphatic heterocycles. The van der Waals surface area contributed by atoms with Crippen LogP contribution in [0.15, 0.2) is 30.5 Å². The molecule has 154 valence electrons. The summed E-state index contributed by atoms with van der Waals surface area (Å²) in [7, 11) is 0. The fraction of sp³-hybridized carbons (Fsp3) is 0.174. The molecule has 0 bridgehead atoms. The van der Waals surface area contributed by atoms with Crippen molar-refractivity contribution in [2.75, 3.05) is 0 Å². The Morgan fingerprint density at radius 2 is 1.94 bits per heavy atom. The molecule has 7 nitrogen and oxygen atoms in total. The number of carbonyl (C=O) groups is 2. The van der Waals surface area contributed by atoms with Crippen molar-refractivity contribution in [3.8, 4) is 23.3 Å². The number of aromatic nitrogens is 2. The predicted molar refractivity (Wildman–Crippen MR) is 114 cm³/mol. The van der Waals surface area contributed by atoms with E-state index in [4.69, 9.17) is 16.9 Å². The lowest BCUT2D eigenvalue weighted by Crippen LogP contribution is -2.13. The topological polar surface area (TPSA) is 120 Å². The molecule has 0 aliphatic rings. The maximum Gasteiger partial charge on any atom is 0.339 e. The Balaban J connectivity index is 2.22. The van der Waals surface area contributed by atoms with Crippen LogP contribution in [0.3, 0.4) is 0 Å². The molecule has 0 atom stereocenters. The second-order valence-electron chi connectivity index (χ2n) is 6.81. The third-order valence-electron chi connectivity index (χ3n) is 5.22. The van der Waals surface area contributed by atoms with Crippen LogP contribution in [0.5, 0.6) is 0 Å². The normalized spacial score (nSPS) is 10.4. The molecule has 0 unspecified atom stereocenters. The van der Waals surface area contributed by atoms with Gasteiger partial charge in [-0.05, 0) is 42.2 Å². The average Bonchev–Trinajstić information content (AvgIpc) is 3.04. The van der Waals surface area contributed by atoms with Crippen LogP contribution in [0.1, 0.15) is 55.7 Å². The number of halogens is 1. The quantitative estimate of drug-likeness (QED) is 0.456. The number of aldehydes is 1. The van der Waals surface area contributed by atoms with Crippen LogP contribution in [0, 0.1) is 29.6 Å². The predicted octanol–water partition coefficient (Wildman–Crippen LogP) is 4.38. The molecule has 0 saturated heterocycles. The lowest BCUT2D eigenvalue weighted by Gasteiger charge is -2.15. The molecule has 1 N–H and O–H groups in total. The van der Waals surface area contributed by atoms with Gasteiger partial charge in [0.25, 0.3) is 0 Å². The number of aromatic carboxylic acids is 1. The van der Waals surface area contributed by atoms with Crippen molar-refractivity contribution >= 4 is 23.9 Å². The van der Waals surface area contributed by atoms with E-state index >= 15 is 0 Å². The molecule has 0 amide bonds. The van der Waals surface area contributed by atoms with Crippen LogP contribution >= 0.6 is 11.6 Å². The third kappa shape index (κ3) is 3.79. The molecule has 0 saturated carbocycles. The molecule has 1 aromatic carbocycles. The van der Waals surface area contributed by atoms with Crippen LogP contribution in [0.2, 0.25) is 5.15 Å². The number of nitrogens with zero attached hydrogens (tertiary/aromatic N) is 4. The summed E-state index contributed by atoms with van der Waals surface area (Å²) < 4.78 is 1.68. The van der Waals surface area contributed by atoms with Crippen LogP contribution in [0.4, 0.5) is 0 Å². The van der Waals surface area contributed by atoms with Gasteiger partial charge in [-0.2, -0.15) is 10.5 Å². The van der Waals surface area contributed by atoms with Gasteiger partial charge in [-0.25, -0.2) is 9.78 Å². The SMILES string of the molecule is CCc1c(Cn2c(C)c(-c3ccc(C#N)cc3)c(C#N)c2C=O)cnc(Cl)c1C(=O)O. The summed E-state index contributed by atoms with van der Waals surface area (Å²) in [6.07, 6.45) is 2.52. The number of carboxylic acids is 1. The van der Waals surface area contributed by atoms with Gasteiger partial charge in [-0.3, -0.25) is 4.79 Å². The van der Waals surface area contributed by atoms with E-state index in [1.807, 2.05) is 13.0 Å². The van der Waals surface area contributed by atoms with Crippen LogP contribution < -0.4 is 0 Å². The van der Waals surface area contributed by atoms with E-state index in [0.29, 0.717) is 46.2 Å². The number of pyridine rings is 1. The van der Waals surface area contributed by atoms with Crippen molar-refractivity contribution in [3.63, 3.8) is 0 Å². The Hall–Kier alpha value is -3.94. The molecule has 3 rings (SSSR count). The highest BCUT2D eigenvalue weighted by molar-refractivity contribution is 6.32. The first-order chi connectivity index (χ1) is 14.9. The van der Waals surface area contributed by atoms with Gasteiger partial charge in [0.15, 0.2) is 6.29 Å². The van der Waals surface area contributed by atoms with Crippen molar-refractivity contribution in [2.24, 2.45) is 0 Å². The number of benzene rings is 1. The maximum atomic E-state index is 11.9. The van der Waals surface area contributed by atoms with Crippen molar-refractivity contribution < 1.29 is 14.7 Å². The minimum Gasteiger partial charge on any atom is -0.478 e. The molecule has 2 heterocycles. The van der Waals surface area contributed by atoms with Gasteiger partial charge in [-0.15, -0.1) is 0 Å². The highest BCUT2D eigenvalue weighted by atomic mass is 35.5. The van der Waals surface area contributed by atoms with Crippen molar-refractivity contribution in [3.05, 3.63) is 74.8 Å². The summed E-state index contributed by atoms with van der Waals surface area (Å²) in [5.41, 5.74) is 3.90. The summed E-state index contributed by atoms with van der Waals surface area (Å²) in [6.45, 7) is 3.75. The van der Waals surface area contributed by atoms with Gasteiger partial charge in [0.05, 0.1) is 17.2 Å². The maximum absolute atomic E-state index is 11.9. The zero-order chi connectivity index (χ0) is 22.7. The Bertz CT molecular complexity index is 1280. The second kappa shape index (κ2) is 8.83. The van der Waals surface area contributed by atoms with Gasteiger partial charge in [0.1, 0.15) is 22.5 Å². The zero-order valence-electron chi connectivity index (χ0n) is 16.8. The minimum atomic E-state index is -1.17. The smallest absolute Gasteiger partial charge is 0.339 e. The van der Waals surface area contributed by atoms with E-state index in [1.165, 1.54) is 6.20 Å². The van der Waals surface area contributed by atoms with E-state index in [-0.39, 0.29) is 28.5 Å². The molecule has 0 aliphatic carbocycles. The first-order valence-corrected chi connectivity index (χ1v) is 9.74. The molecule has 3 aromatic rings. The summed E-state index contributed by atoms with van der Waals surface area (Å²) in [5, 5.41) is 28.2. The third-order valence-corrected chi connectivity index (χ3v) is 5.50. The molecule has 8 heteroatoms. The van der Waals surface area contributed by atoms with E-state index in [2.05, 4.69) is 11.1 Å². The molecule has 0 radical (unpaired) electrons. The number of carboxylic acid groups (broad SMARTS) is 1. The van der Waals surface area contributed by atoms with Gasteiger partial charge in [0.2, 0.25) is 0 Å². The molecule has 0 spiro atoms. The highest BCUT2D eigenvalue weighted by Crippen LogP contribution is 2.33.